The zero-order chi connectivity index (χ0) is 6.00. The van der Waals surface area contributed by atoms with Crippen molar-refractivity contribution in [1.29, 1.82) is 0 Å². The van der Waals surface area contributed by atoms with E-state index in [1.807, 2.05) is 0 Å². The first kappa shape index (κ1) is 82.6. The van der Waals surface area contributed by atoms with Crippen molar-refractivity contribution in [2.45, 2.75) is 0 Å². The van der Waals surface area contributed by atoms with Gasteiger partial charge in [-0.25, -0.2) is 0 Å². The van der Waals surface area contributed by atoms with Crippen LogP contribution < -0.4 is 98.4 Å². The smallest absolute Gasteiger partial charge is 1.00 e. The number of hydrogen-bond donors (Lipinski definition) is 0. The van der Waals surface area contributed by atoms with E-state index in [1.54, 1.807) is 0 Å². The third kappa shape index (κ3) is 216. The van der Waals surface area contributed by atoms with E-state index in [0.717, 1.165) is 0 Å². The van der Waals surface area contributed by atoms with Crippen molar-refractivity contribution in [2.24, 2.45) is 0 Å². The summed E-state index contributed by atoms with van der Waals surface area (Å²) >= 11 is 8.50. The van der Waals surface area contributed by atoms with Crippen LogP contribution in [0.15, 0.2) is 0 Å². The third-order valence-electron chi connectivity index (χ3n) is 0. The van der Waals surface area contributed by atoms with Crippen LogP contribution in [-0.2, 0) is 37.6 Å². The monoisotopic (exact) mass is 314 g/mol. The van der Waals surface area contributed by atoms with Gasteiger partial charge in [-0.15, -0.1) is 0 Å². The summed E-state index contributed by atoms with van der Waals surface area (Å²) in [6, 6.07) is 0. The molecular weight excluding hydrogens is 316 g/mol. The molecule has 0 saturated carbocycles. The molecule has 12 heavy (non-hydrogen) atoms. The summed E-state index contributed by atoms with van der Waals surface area (Å²) in [7, 11) is 0. The average molecular weight is 316 g/mol. The fraction of sp³-hybridized carbons (Fsp3) is 0. The van der Waals surface area contributed by atoms with Crippen molar-refractivity contribution >= 4 is 37.6 Å². The van der Waals surface area contributed by atoms with Gasteiger partial charge in [0.05, 0.1) is 0 Å². The van der Waals surface area contributed by atoms with E-state index in [4.69, 9.17) is 12.6 Å². The molecule has 0 saturated heterocycles. The first-order chi connectivity index (χ1) is 3.00. The van der Waals surface area contributed by atoms with Gasteiger partial charge in [0.2, 0.25) is 0 Å². The molecule has 0 aromatic heterocycles. The summed E-state index contributed by atoms with van der Waals surface area (Å²) in [5.74, 6) is 0. The van der Waals surface area contributed by atoms with Gasteiger partial charge in [0.1, 0.15) is 0 Å². The molecule has 0 aromatic carbocycles. The van der Waals surface area contributed by atoms with Gasteiger partial charge in [0, 0.05) is 0 Å². The average Bonchev–Trinajstić information content (AvgIpc) is 1.81. The Hall–Kier alpha value is 2.91. The second-order valence-electron chi connectivity index (χ2n) is 0. The molecule has 0 aliphatic heterocycles. The second kappa shape index (κ2) is 273. The van der Waals surface area contributed by atoms with Crippen molar-refractivity contribution < 1.29 is 111 Å². The largest absolute Gasteiger partial charge is 1.00 e. The SMILES string of the molecule is O=S.O=S.O=S.[Br-].[Cl-].[Cl-].[Li+].[Li+].[Li+]. The molecule has 0 aliphatic rings. The summed E-state index contributed by atoms with van der Waals surface area (Å²) in [5.41, 5.74) is 0. The van der Waals surface area contributed by atoms with E-state index in [-0.39, 0.29) is 98.4 Å². The zero-order valence-corrected chi connectivity index (χ0v) is 12.1. The van der Waals surface area contributed by atoms with Crippen LogP contribution in [0.25, 0.3) is 0 Å². The summed E-state index contributed by atoms with van der Waals surface area (Å²) < 4.78 is 23.5. The van der Waals surface area contributed by atoms with Crippen LogP contribution in [0.2, 0.25) is 0 Å². The number of halogens is 3. The maximum atomic E-state index is 7.83. The molecular formula is BrCl2Li3O3S3. The summed E-state index contributed by atoms with van der Waals surface area (Å²) in [6.07, 6.45) is 0. The number of rotatable bonds is 0. The van der Waals surface area contributed by atoms with Crippen molar-refractivity contribution in [3.8, 4) is 0 Å². The van der Waals surface area contributed by atoms with E-state index in [0.29, 0.717) is 0 Å². The van der Waals surface area contributed by atoms with E-state index in [2.05, 4.69) is 37.6 Å². The van der Waals surface area contributed by atoms with E-state index in [1.165, 1.54) is 0 Å². The van der Waals surface area contributed by atoms with Gasteiger partial charge in [0.25, 0.3) is 0 Å². The predicted octanol–water partition coefficient (Wildman–Crippen LogP) is -19.0. The van der Waals surface area contributed by atoms with Gasteiger partial charge < -0.3 is 41.8 Å². The van der Waals surface area contributed by atoms with Crippen molar-refractivity contribution in [3.05, 3.63) is 0 Å². The molecule has 0 aromatic rings. The van der Waals surface area contributed by atoms with E-state index >= 15 is 0 Å². The Morgan fingerprint density at radius 3 is 0.500 bits per heavy atom. The van der Waals surface area contributed by atoms with Crippen LogP contribution in [0.4, 0.5) is 0 Å². The summed E-state index contributed by atoms with van der Waals surface area (Å²) in [5, 5.41) is 0. The zero-order valence-electron chi connectivity index (χ0n) is 6.58. The summed E-state index contributed by atoms with van der Waals surface area (Å²) in [4.78, 5) is 0. The molecule has 0 amide bonds. The van der Waals surface area contributed by atoms with Crippen LogP contribution in [0.3, 0.4) is 0 Å². The minimum Gasteiger partial charge on any atom is -1.00 e. The van der Waals surface area contributed by atoms with Gasteiger partial charge in [-0.05, 0) is 0 Å². The van der Waals surface area contributed by atoms with Crippen molar-refractivity contribution in [1.82, 2.24) is 0 Å². The van der Waals surface area contributed by atoms with Crippen molar-refractivity contribution in [2.75, 3.05) is 0 Å². The number of hydrogen-bond acceptors (Lipinski definition) is 6. The maximum absolute atomic E-state index is 7.83. The Balaban J connectivity index is -0.00000000129. The standard InChI is InChI=1S/BrH.2ClH.3Li.3OS/c;;;;;;3*1-2/h3*1H;;;;;;/q;;;3*+1;;;/p-3. The van der Waals surface area contributed by atoms with Crippen LogP contribution in [0, 0.1) is 0 Å². The van der Waals surface area contributed by atoms with Gasteiger partial charge >= 0.3 is 56.6 Å². The third-order valence-corrected chi connectivity index (χ3v) is 0. The Morgan fingerprint density at radius 2 is 0.500 bits per heavy atom. The summed E-state index contributed by atoms with van der Waals surface area (Å²) in [6.45, 7) is 0. The van der Waals surface area contributed by atoms with E-state index < -0.39 is 0 Å². The van der Waals surface area contributed by atoms with Crippen LogP contribution in [-0.4, -0.2) is 12.6 Å². The van der Waals surface area contributed by atoms with Gasteiger partial charge in [0.15, 0.2) is 37.6 Å². The molecule has 3 nitrogen and oxygen atoms in total. The van der Waals surface area contributed by atoms with E-state index in [9.17, 15) is 0 Å². The minimum absolute atomic E-state index is 0. The fourth-order valence-corrected chi connectivity index (χ4v) is 0. The second-order valence-corrected chi connectivity index (χ2v) is 0. The molecule has 0 bridgehead atoms. The first-order valence-electron chi connectivity index (χ1n) is 0.500. The molecule has 0 N–H and O–H groups in total. The maximum Gasteiger partial charge on any atom is 1.00 e. The molecule has 0 atom stereocenters. The normalized spacial score (nSPS) is 1.00. The molecule has 0 spiro atoms. The van der Waals surface area contributed by atoms with Crippen LogP contribution in [0.5, 0.6) is 0 Å². The molecule has 60 valence electrons. The Labute approximate surface area is 146 Å². The minimum atomic E-state index is 0. The Morgan fingerprint density at radius 1 is 0.500 bits per heavy atom. The predicted molar refractivity (Wildman–Crippen MR) is 24.4 cm³/mol. The Kier molecular flexibility index (Phi) is 1880. The van der Waals surface area contributed by atoms with Gasteiger partial charge in [-0.2, -0.15) is 12.6 Å². The molecule has 0 unspecified atom stereocenters. The molecule has 12 heteroatoms. The van der Waals surface area contributed by atoms with Gasteiger partial charge in [-0.3, -0.25) is 0 Å². The van der Waals surface area contributed by atoms with Gasteiger partial charge in [-0.1, -0.05) is 0 Å². The van der Waals surface area contributed by atoms with Crippen molar-refractivity contribution in [3.63, 3.8) is 0 Å². The Bertz CT molecular complexity index is 31.5. The molecule has 0 aliphatic carbocycles. The van der Waals surface area contributed by atoms with Crippen LogP contribution >= 0.6 is 0 Å². The molecule has 0 radical (unpaired) electrons. The molecule has 0 heterocycles. The first-order valence-corrected chi connectivity index (χ1v) is 1.50. The molecule has 0 fully saturated rings. The molecule has 0 rings (SSSR count). The van der Waals surface area contributed by atoms with Crippen LogP contribution in [0.1, 0.15) is 0 Å². The quantitative estimate of drug-likeness (QED) is 0.414. The topological polar surface area (TPSA) is 51.2 Å². The fourth-order valence-electron chi connectivity index (χ4n) is 0.